The van der Waals surface area contributed by atoms with Gasteiger partial charge in [0.15, 0.2) is 0 Å². The fourth-order valence-electron chi connectivity index (χ4n) is 3.61. The first-order valence-electron chi connectivity index (χ1n) is 7.75. The van der Waals surface area contributed by atoms with Gasteiger partial charge in [-0.25, -0.2) is 0 Å². The van der Waals surface area contributed by atoms with Gasteiger partial charge in [-0.3, -0.25) is 9.59 Å². The third-order valence-corrected chi connectivity index (χ3v) is 4.89. The molecule has 4 nitrogen and oxygen atoms in total. The van der Waals surface area contributed by atoms with Crippen LogP contribution in [-0.4, -0.2) is 35.3 Å². The van der Waals surface area contributed by atoms with E-state index in [0.717, 1.165) is 25.7 Å². The summed E-state index contributed by atoms with van der Waals surface area (Å²) in [6.07, 6.45) is 7.36. The highest BCUT2D eigenvalue weighted by molar-refractivity contribution is 5.90. The zero-order chi connectivity index (χ0) is 13.4. The maximum absolute atomic E-state index is 12.7. The Labute approximate surface area is 114 Å². The summed E-state index contributed by atoms with van der Waals surface area (Å²) < 4.78 is 0. The highest BCUT2D eigenvalue weighted by Crippen LogP contribution is 2.36. The molecule has 0 aromatic rings. The molecule has 1 saturated heterocycles. The summed E-state index contributed by atoms with van der Waals surface area (Å²) in [5.74, 6) is 1.35. The maximum Gasteiger partial charge on any atom is 0.245 e. The van der Waals surface area contributed by atoms with Gasteiger partial charge in [0.05, 0.1) is 0 Å². The van der Waals surface area contributed by atoms with Crippen LogP contribution in [0, 0.1) is 11.8 Å². The van der Waals surface area contributed by atoms with Crippen LogP contribution in [0.25, 0.3) is 0 Å². The molecule has 4 heteroatoms. The van der Waals surface area contributed by atoms with Crippen LogP contribution in [-0.2, 0) is 9.59 Å². The molecule has 0 spiro atoms. The minimum Gasteiger partial charge on any atom is -0.344 e. The Kier molecular flexibility index (Phi) is 3.50. The Morgan fingerprint density at radius 1 is 1.16 bits per heavy atom. The zero-order valence-electron chi connectivity index (χ0n) is 11.7. The van der Waals surface area contributed by atoms with Crippen LogP contribution >= 0.6 is 0 Å². The third kappa shape index (κ3) is 2.77. The highest BCUT2D eigenvalue weighted by atomic mass is 16.2. The number of amides is 2. The average molecular weight is 264 g/mol. The van der Waals surface area contributed by atoms with Gasteiger partial charge in [0, 0.05) is 19.0 Å². The molecule has 3 rings (SSSR count). The number of carbonyl (C=O) groups is 2. The van der Waals surface area contributed by atoms with Crippen molar-refractivity contribution >= 4 is 11.8 Å². The van der Waals surface area contributed by atoms with Gasteiger partial charge in [0.25, 0.3) is 0 Å². The van der Waals surface area contributed by atoms with Crippen LogP contribution in [0.4, 0.5) is 0 Å². The molecule has 0 radical (unpaired) electrons. The lowest BCUT2D eigenvalue weighted by molar-refractivity contribution is -0.137. The number of nitrogens with one attached hydrogen (secondary N) is 1. The molecule has 0 aromatic heterocycles. The van der Waals surface area contributed by atoms with Crippen molar-refractivity contribution in [3.05, 3.63) is 0 Å². The molecule has 2 saturated carbocycles. The number of rotatable bonds is 2. The first-order valence-corrected chi connectivity index (χ1v) is 7.75. The fraction of sp³-hybridized carbons (Fsp3) is 0.867. The van der Waals surface area contributed by atoms with Crippen molar-refractivity contribution in [2.24, 2.45) is 11.8 Å². The van der Waals surface area contributed by atoms with E-state index in [9.17, 15) is 9.59 Å². The van der Waals surface area contributed by atoms with Crippen LogP contribution in [0.1, 0.15) is 51.9 Å². The molecule has 1 heterocycles. The molecule has 2 amide bonds. The van der Waals surface area contributed by atoms with Crippen LogP contribution in [0.5, 0.6) is 0 Å². The van der Waals surface area contributed by atoms with Crippen LogP contribution in [0.3, 0.4) is 0 Å². The van der Waals surface area contributed by atoms with Crippen molar-refractivity contribution in [2.45, 2.75) is 64.0 Å². The maximum atomic E-state index is 12.7. The number of carbonyl (C=O) groups excluding carboxylic acids is 2. The smallest absolute Gasteiger partial charge is 0.245 e. The zero-order valence-corrected chi connectivity index (χ0v) is 11.7. The summed E-state index contributed by atoms with van der Waals surface area (Å²) in [4.78, 5) is 26.5. The summed E-state index contributed by atoms with van der Waals surface area (Å²) in [6.45, 7) is 2.89. The van der Waals surface area contributed by atoms with Crippen molar-refractivity contribution in [1.82, 2.24) is 10.2 Å². The lowest BCUT2D eigenvalue weighted by atomic mass is 9.86. The summed E-state index contributed by atoms with van der Waals surface area (Å²) in [5.41, 5.74) is 0. The Balaban J connectivity index is 1.74. The molecule has 106 valence electrons. The molecule has 3 aliphatic rings. The standard InChI is InChI=1S/C15H24N2O2/c1-10-3-2-4-12(9-10)17-8-7-13(18)16-14(15(17)19)11-5-6-11/h10-12,14H,2-9H2,1H3,(H,16,18). The molecule has 1 N–H and O–H groups in total. The third-order valence-electron chi connectivity index (χ3n) is 4.89. The second-order valence-electron chi connectivity index (χ2n) is 6.59. The van der Waals surface area contributed by atoms with Crippen LogP contribution in [0.15, 0.2) is 0 Å². The van der Waals surface area contributed by atoms with Gasteiger partial charge in [-0.2, -0.15) is 0 Å². The molecule has 3 atom stereocenters. The second kappa shape index (κ2) is 5.14. The number of hydrogen-bond acceptors (Lipinski definition) is 2. The topological polar surface area (TPSA) is 49.4 Å². The summed E-state index contributed by atoms with van der Waals surface area (Å²) in [7, 11) is 0. The van der Waals surface area contributed by atoms with Crippen LogP contribution in [0.2, 0.25) is 0 Å². The van der Waals surface area contributed by atoms with Crippen molar-refractivity contribution in [3.63, 3.8) is 0 Å². The van der Waals surface area contributed by atoms with E-state index in [-0.39, 0.29) is 17.9 Å². The summed E-state index contributed by atoms with van der Waals surface area (Å²) in [6, 6.07) is 0.137. The predicted octanol–water partition coefficient (Wildman–Crippen LogP) is 1.69. The first kappa shape index (κ1) is 12.9. The molecular weight excluding hydrogens is 240 g/mol. The number of hydrogen-bond donors (Lipinski definition) is 1. The lowest BCUT2D eigenvalue weighted by Crippen LogP contribution is -2.50. The molecular formula is C15H24N2O2. The summed E-state index contributed by atoms with van der Waals surface area (Å²) >= 11 is 0. The minimum atomic E-state index is -0.229. The first-order chi connectivity index (χ1) is 9.15. The highest BCUT2D eigenvalue weighted by Gasteiger charge is 2.42. The second-order valence-corrected chi connectivity index (χ2v) is 6.59. The molecule has 1 aliphatic heterocycles. The molecule has 0 bridgehead atoms. The van der Waals surface area contributed by atoms with Crippen molar-refractivity contribution < 1.29 is 9.59 Å². The number of nitrogens with zero attached hydrogens (tertiary/aromatic N) is 1. The van der Waals surface area contributed by atoms with Crippen molar-refractivity contribution in [1.29, 1.82) is 0 Å². The molecule has 3 fully saturated rings. The average Bonchev–Trinajstić information content (AvgIpc) is 3.19. The van der Waals surface area contributed by atoms with E-state index >= 15 is 0 Å². The largest absolute Gasteiger partial charge is 0.344 e. The van der Waals surface area contributed by atoms with E-state index in [1.807, 2.05) is 4.90 Å². The molecule has 3 unspecified atom stereocenters. The lowest BCUT2D eigenvalue weighted by Gasteiger charge is -2.37. The van der Waals surface area contributed by atoms with Gasteiger partial charge in [-0.05, 0) is 37.5 Å². The van der Waals surface area contributed by atoms with Gasteiger partial charge in [0.1, 0.15) is 6.04 Å². The minimum absolute atomic E-state index is 0.0524. The van der Waals surface area contributed by atoms with E-state index in [0.29, 0.717) is 30.8 Å². The summed E-state index contributed by atoms with van der Waals surface area (Å²) in [5, 5.41) is 2.94. The van der Waals surface area contributed by atoms with E-state index < -0.39 is 0 Å². The van der Waals surface area contributed by atoms with E-state index in [1.54, 1.807) is 0 Å². The van der Waals surface area contributed by atoms with Crippen molar-refractivity contribution in [2.75, 3.05) is 6.54 Å². The van der Waals surface area contributed by atoms with Gasteiger partial charge in [0.2, 0.25) is 11.8 Å². The quantitative estimate of drug-likeness (QED) is 0.825. The fourth-order valence-corrected chi connectivity index (χ4v) is 3.61. The van der Waals surface area contributed by atoms with E-state index in [4.69, 9.17) is 0 Å². The normalized spacial score (nSPS) is 36.9. The predicted molar refractivity (Wildman–Crippen MR) is 72.4 cm³/mol. The van der Waals surface area contributed by atoms with Crippen molar-refractivity contribution in [3.8, 4) is 0 Å². The van der Waals surface area contributed by atoms with Gasteiger partial charge in [-0.15, -0.1) is 0 Å². The monoisotopic (exact) mass is 264 g/mol. The molecule has 19 heavy (non-hydrogen) atoms. The van der Waals surface area contributed by atoms with Gasteiger partial charge < -0.3 is 10.2 Å². The SMILES string of the molecule is CC1CCCC(N2CCC(=O)NC(C3CC3)C2=O)C1. The Morgan fingerprint density at radius 3 is 2.63 bits per heavy atom. The Bertz CT molecular complexity index is 378. The molecule has 2 aliphatic carbocycles. The van der Waals surface area contributed by atoms with E-state index in [1.165, 1.54) is 12.8 Å². The Hall–Kier alpha value is -1.06. The van der Waals surface area contributed by atoms with Crippen LogP contribution < -0.4 is 5.32 Å². The molecule has 0 aromatic carbocycles. The van der Waals surface area contributed by atoms with E-state index in [2.05, 4.69) is 12.2 Å². The Morgan fingerprint density at radius 2 is 1.95 bits per heavy atom. The van der Waals surface area contributed by atoms with Gasteiger partial charge in [-0.1, -0.05) is 19.8 Å². The van der Waals surface area contributed by atoms with Gasteiger partial charge >= 0.3 is 0 Å².